The molecule has 1 aliphatic rings. The predicted octanol–water partition coefficient (Wildman–Crippen LogP) is 3.23. The van der Waals surface area contributed by atoms with Crippen molar-refractivity contribution in [1.82, 2.24) is 5.32 Å². The number of aryl methyl sites for hydroxylation is 1. The van der Waals surface area contributed by atoms with E-state index in [1.165, 1.54) is 24.8 Å². The highest BCUT2D eigenvalue weighted by Crippen LogP contribution is 2.24. The summed E-state index contributed by atoms with van der Waals surface area (Å²) in [6.45, 7) is 5.39. The molecular weight excluding hydrogens is 230 g/mol. The first-order valence-electron chi connectivity index (χ1n) is 6.69. The van der Waals surface area contributed by atoms with Crippen molar-refractivity contribution in [2.75, 3.05) is 6.54 Å². The van der Waals surface area contributed by atoms with E-state index < -0.39 is 0 Å². The van der Waals surface area contributed by atoms with Gasteiger partial charge < -0.3 is 10.1 Å². The molecule has 0 saturated carbocycles. The van der Waals surface area contributed by atoms with Gasteiger partial charge in [-0.3, -0.25) is 0 Å². The van der Waals surface area contributed by atoms with E-state index in [-0.39, 0.29) is 0 Å². The summed E-state index contributed by atoms with van der Waals surface area (Å²) in [6.07, 6.45) is 5.64. The average Bonchev–Trinajstić information content (AvgIpc) is 2.95. The van der Waals surface area contributed by atoms with Crippen LogP contribution in [0.1, 0.15) is 38.7 Å². The third-order valence-electron chi connectivity index (χ3n) is 3.50. The number of thiophene rings is 1. The zero-order valence-electron chi connectivity index (χ0n) is 10.8. The molecule has 0 radical (unpaired) electrons. The summed E-state index contributed by atoms with van der Waals surface area (Å²) in [4.78, 5) is 0. The van der Waals surface area contributed by atoms with E-state index in [0.717, 1.165) is 13.0 Å². The molecule has 2 nitrogen and oxygen atoms in total. The van der Waals surface area contributed by atoms with Crippen molar-refractivity contribution in [2.45, 2.75) is 57.8 Å². The monoisotopic (exact) mass is 253 g/mol. The van der Waals surface area contributed by atoms with Gasteiger partial charge in [0.1, 0.15) is 0 Å². The molecule has 0 spiro atoms. The molecule has 1 aromatic heterocycles. The molecule has 2 heterocycles. The van der Waals surface area contributed by atoms with Gasteiger partial charge in [0.05, 0.1) is 12.2 Å². The third kappa shape index (κ3) is 3.80. The Kier molecular flexibility index (Phi) is 5.01. The van der Waals surface area contributed by atoms with Crippen molar-refractivity contribution >= 4 is 11.3 Å². The molecule has 1 aliphatic heterocycles. The van der Waals surface area contributed by atoms with E-state index in [4.69, 9.17) is 4.74 Å². The quantitative estimate of drug-likeness (QED) is 0.840. The van der Waals surface area contributed by atoms with Crippen LogP contribution in [0.2, 0.25) is 0 Å². The van der Waals surface area contributed by atoms with Gasteiger partial charge in [0.15, 0.2) is 0 Å². The fourth-order valence-corrected chi connectivity index (χ4v) is 3.27. The topological polar surface area (TPSA) is 21.3 Å². The Morgan fingerprint density at radius 1 is 1.53 bits per heavy atom. The normalized spacial score (nSPS) is 26.2. The molecule has 0 aromatic carbocycles. The van der Waals surface area contributed by atoms with Crippen LogP contribution in [0.5, 0.6) is 0 Å². The lowest BCUT2D eigenvalue weighted by molar-refractivity contribution is 0.0305. The molecule has 17 heavy (non-hydrogen) atoms. The SMILES string of the molecule is CCNC(CCc1ccsc1)C1CCC(C)O1. The molecule has 3 atom stereocenters. The molecular formula is C14H23NOS. The van der Waals surface area contributed by atoms with Gasteiger partial charge >= 0.3 is 0 Å². The first-order valence-corrected chi connectivity index (χ1v) is 7.63. The van der Waals surface area contributed by atoms with Gasteiger partial charge in [-0.05, 0) is 61.5 Å². The van der Waals surface area contributed by atoms with E-state index in [0.29, 0.717) is 18.2 Å². The van der Waals surface area contributed by atoms with Crippen molar-refractivity contribution in [2.24, 2.45) is 0 Å². The zero-order chi connectivity index (χ0) is 12.1. The molecule has 1 saturated heterocycles. The minimum Gasteiger partial charge on any atom is -0.374 e. The highest BCUT2D eigenvalue weighted by Gasteiger charge is 2.28. The summed E-state index contributed by atoms with van der Waals surface area (Å²) in [5.41, 5.74) is 1.46. The first-order chi connectivity index (χ1) is 8.29. The second-order valence-corrected chi connectivity index (χ2v) is 5.68. The van der Waals surface area contributed by atoms with Gasteiger partial charge in [-0.15, -0.1) is 0 Å². The molecule has 2 rings (SSSR count). The zero-order valence-corrected chi connectivity index (χ0v) is 11.6. The largest absolute Gasteiger partial charge is 0.374 e. The molecule has 96 valence electrons. The fourth-order valence-electron chi connectivity index (χ4n) is 2.57. The number of nitrogens with one attached hydrogen (secondary N) is 1. The van der Waals surface area contributed by atoms with Crippen LogP contribution in [0.25, 0.3) is 0 Å². The van der Waals surface area contributed by atoms with Crippen molar-refractivity contribution in [3.05, 3.63) is 22.4 Å². The van der Waals surface area contributed by atoms with Crippen LogP contribution < -0.4 is 5.32 Å². The van der Waals surface area contributed by atoms with Crippen LogP contribution in [0.3, 0.4) is 0 Å². The lowest BCUT2D eigenvalue weighted by atomic mass is 10.0. The van der Waals surface area contributed by atoms with E-state index in [9.17, 15) is 0 Å². The van der Waals surface area contributed by atoms with Crippen LogP contribution in [0.15, 0.2) is 16.8 Å². The van der Waals surface area contributed by atoms with E-state index in [1.54, 1.807) is 11.3 Å². The Hall–Kier alpha value is -0.380. The van der Waals surface area contributed by atoms with Crippen LogP contribution >= 0.6 is 11.3 Å². The average molecular weight is 253 g/mol. The van der Waals surface area contributed by atoms with E-state index in [2.05, 4.69) is 36.0 Å². The lowest BCUT2D eigenvalue weighted by Crippen LogP contribution is -2.40. The van der Waals surface area contributed by atoms with Gasteiger partial charge in [-0.25, -0.2) is 0 Å². The molecule has 0 amide bonds. The van der Waals surface area contributed by atoms with Crippen LogP contribution in [0.4, 0.5) is 0 Å². The maximum absolute atomic E-state index is 5.99. The highest BCUT2D eigenvalue weighted by molar-refractivity contribution is 7.07. The molecule has 3 heteroatoms. The smallest absolute Gasteiger partial charge is 0.0732 e. The summed E-state index contributed by atoms with van der Waals surface area (Å²) in [5.74, 6) is 0. The Bertz CT molecular complexity index is 312. The van der Waals surface area contributed by atoms with Crippen molar-refractivity contribution in [3.63, 3.8) is 0 Å². The van der Waals surface area contributed by atoms with Crippen molar-refractivity contribution < 1.29 is 4.74 Å². The number of likely N-dealkylation sites (N-methyl/N-ethyl adjacent to an activating group) is 1. The first kappa shape index (κ1) is 13.1. The minimum absolute atomic E-state index is 0.420. The van der Waals surface area contributed by atoms with Gasteiger partial charge in [0.2, 0.25) is 0 Å². The van der Waals surface area contributed by atoms with Gasteiger partial charge in [-0.2, -0.15) is 11.3 Å². The highest BCUT2D eigenvalue weighted by atomic mass is 32.1. The lowest BCUT2D eigenvalue weighted by Gasteiger charge is -2.24. The molecule has 0 aliphatic carbocycles. The van der Waals surface area contributed by atoms with Crippen LogP contribution in [-0.2, 0) is 11.2 Å². The number of rotatable bonds is 6. The summed E-state index contributed by atoms with van der Waals surface area (Å²) >= 11 is 1.79. The summed E-state index contributed by atoms with van der Waals surface area (Å²) in [7, 11) is 0. The van der Waals surface area contributed by atoms with Gasteiger partial charge in [0, 0.05) is 6.04 Å². The maximum atomic E-state index is 5.99. The van der Waals surface area contributed by atoms with Gasteiger partial charge in [-0.1, -0.05) is 6.92 Å². The van der Waals surface area contributed by atoms with Gasteiger partial charge in [0.25, 0.3) is 0 Å². The minimum atomic E-state index is 0.420. The van der Waals surface area contributed by atoms with E-state index >= 15 is 0 Å². The second kappa shape index (κ2) is 6.53. The number of ether oxygens (including phenoxy) is 1. The molecule has 0 bridgehead atoms. The molecule has 1 N–H and O–H groups in total. The number of hydrogen-bond acceptors (Lipinski definition) is 3. The number of hydrogen-bond donors (Lipinski definition) is 1. The fraction of sp³-hybridized carbons (Fsp3) is 0.714. The maximum Gasteiger partial charge on any atom is 0.0732 e. The molecule has 3 unspecified atom stereocenters. The summed E-state index contributed by atoms with van der Waals surface area (Å²) in [6, 6.07) is 2.75. The predicted molar refractivity (Wildman–Crippen MR) is 73.7 cm³/mol. The Labute approximate surface area is 108 Å². The Morgan fingerprint density at radius 2 is 2.41 bits per heavy atom. The third-order valence-corrected chi connectivity index (χ3v) is 4.24. The summed E-state index contributed by atoms with van der Waals surface area (Å²) in [5, 5.41) is 8.00. The Morgan fingerprint density at radius 3 is 3.00 bits per heavy atom. The molecule has 1 aromatic rings. The van der Waals surface area contributed by atoms with Crippen LogP contribution in [-0.4, -0.2) is 24.8 Å². The van der Waals surface area contributed by atoms with Crippen LogP contribution in [0, 0.1) is 0 Å². The van der Waals surface area contributed by atoms with Crippen molar-refractivity contribution in [1.29, 1.82) is 0 Å². The van der Waals surface area contributed by atoms with Crippen molar-refractivity contribution in [3.8, 4) is 0 Å². The summed E-state index contributed by atoms with van der Waals surface area (Å²) < 4.78 is 5.99. The standard InChI is InChI=1S/C14H23NOS/c1-3-15-13(14-7-4-11(2)16-14)6-5-12-8-9-17-10-12/h8-11,13-15H,3-7H2,1-2H3. The Balaban J connectivity index is 1.84. The van der Waals surface area contributed by atoms with E-state index in [1.807, 2.05) is 0 Å². The molecule has 1 fully saturated rings. The second-order valence-electron chi connectivity index (χ2n) is 4.90.